The number of nitrogens with zero attached hydrogens (tertiary/aromatic N) is 3. The van der Waals surface area contributed by atoms with Gasteiger partial charge in [-0.2, -0.15) is 0 Å². The molecule has 1 aromatic heterocycles. The fourth-order valence-electron chi connectivity index (χ4n) is 3.04. The molecule has 0 fully saturated rings. The van der Waals surface area contributed by atoms with Crippen LogP contribution in [0.4, 0.5) is 21.6 Å². The first-order chi connectivity index (χ1) is 13.9. The van der Waals surface area contributed by atoms with Gasteiger partial charge in [-0.15, -0.1) is 10.7 Å². The smallest absolute Gasteiger partial charge is 0.146 e. The van der Waals surface area contributed by atoms with Crippen molar-refractivity contribution in [3.63, 3.8) is 0 Å². The fraction of sp³-hybridized carbons (Fsp3) is 0.333. The van der Waals surface area contributed by atoms with Crippen molar-refractivity contribution in [1.82, 2.24) is 9.97 Å². The van der Waals surface area contributed by atoms with Crippen LogP contribution in [0.2, 0.25) is 0 Å². The monoisotopic (exact) mass is 416 g/mol. The maximum Gasteiger partial charge on any atom is 0.146 e. The quantitative estimate of drug-likeness (QED) is 0.592. The maximum absolute atomic E-state index is 13.8. The second kappa shape index (κ2) is 9.28. The Morgan fingerprint density at radius 1 is 1.21 bits per heavy atom. The Hall–Kier alpha value is -2.58. The van der Waals surface area contributed by atoms with E-state index >= 15 is 0 Å². The Morgan fingerprint density at radius 3 is 2.72 bits per heavy atom. The van der Waals surface area contributed by atoms with E-state index in [9.17, 15) is 4.39 Å². The first kappa shape index (κ1) is 21.1. The van der Waals surface area contributed by atoms with Crippen molar-refractivity contribution >= 4 is 38.8 Å². The van der Waals surface area contributed by atoms with Crippen LogP contribution in [0.25, 0.3) is 10.9 Å². The van der Waals surface area contributed by atoms with E-state index < -0.39 is 0 Å². The maximum atomic E-state index is 13.8. The molecule has 154 valence electrons. The van der Waals surface area contributed by atoms with E-state index in [4.69, 9.17) is 9.47 Å². The van der Waals surface area contributed by atoms with Gasteiger partial charge in [0, 0.05) is 18.6 Å². The van der Waals surface area contributed by atoms with Gasteiger partial charge in [-0.25, -0.2) is 18.7 Å². The summed E-state index contributed by atoms with van der Waals surface area (Å²) < 4.78 is 29.4. The minimum absolute atomic E-state index is 0.0640. The second-order valence-electron chi connectivity index (χ2n) is 6.89. The van der Waals surface area contributed by atoms with Gasteiger partial charge in [-0.3, -0.25) is 0 Å². The van der Waals surface area contributed by atoms with Crippen LogP contribution in [0.15, 0.2) is 41.0 Å². The molecule has 1 atom stereocenters. The summed E-state index contributed by atoms with van der Waals surface area (Å²) >= 11 is 0. The van der Waals surface area contributed by atoms with Crippen molar-refractivity contribution in [3.8, 4) is 5.75 Å². The summed E-state index contributed by atoms with van der Waals surface area (Å²) in [5.74, 6) is 0.646. The van der Waals surface area contributed by atoms with E-state index in [0.717, 1.165) is 22.2 Å². The zero-order chi connectivity index (χ0) is 21.0. The van der Waals surface area contributed by atoms with Crippen LogP contribution in [0.1, 0.15) is 12.5 Å². The zero-order valence-corrected chi connectivity index (χ0v) is 18.0. The molecule has 8 heteroatoms. The summed E-state index contributed by atoms with van der Waals surface area (Å²) in [5.41, 5.74) is 3.31. The summed E-state index contributed by atoms with van der Waals surface area (Å²) in [7, 11) is 1.53. The van der Waals surface area contributed by atoms with Crippen molar-refractivity contribution in [2.45, 2.75) is 20.0 Å². The molecule has 1 heterocycles. The lowest BCUT2D eigenvalue weighted by Crippen LogP contribution is -2.18. The summed E-state index contributed by atoms with van der Waals surface area (Å²) in [4.78, 5) is 8.81. The lowest BCUT2D eigenvalue weighted by Gasteiger charge is -2.18. The number of halogens is 1. The van der Waals surface area contributed by atoms with E-state index in [1.54, 1.807) is 13.2 Å². The zero-order valence-electron chi connectivity index (χ0n) is 17.2. The van der Waals surface area contributed by atoms with Crippen molar-refractivity contribution in [3.05, 3.63) is 48.0 Å². The number of ether oxygens (including phenoxy) is 2. The Balaban J connectivity index is 2.01. The molecule has 0 spiro atoms. The van der Waals surface area contributed by atoms with Crippen molar-refractivity contribution < 1.29 is 13.9 Å². The highest BCUT2D eigenvalue weighted by molar-refractivity contribution is 7.85. The standard InChI is InChI=1S/C21H25FN4O2S/c1-13-8-16(26-29(4)5)10-18-20(13)21(24-12-23-18)25-17-7-6-15(22)9-19(17)28-14(2)11-27-3/h6-10,12,14H,11H2,1-5H3,(H,23,24,25). The van der Waals surface area contributed by atoms with E-state index in [-0.39, 0.29) is 22.6 Å². The average Bonchev–Trinajstić information content (AvgIpc) is 2.63. The van der Waals surface area contributed by atoms with Crippen LogP contribution in [0, 0.1) is 12.7 Å². The normalized spacial score (nSPS) is 12.2. The third kappa shape index (κ3) is 5.27. The van der Waals surface area contributed by atoms with Gasteiger partial charge >= 0.3 is 0 Å². The number of aromatic nitrogens is 2. The first-order valence-corrected chi connectivity index (χ1v) is 11.1. The van der Waals surface area contributed by atoms with E-state index in [0.29, 0.717) is 23.9 Å². The summed E-state index contributed by atoms with van der Waals surface area (Å²) in [6.07, 6.45) is 5.40. The summed E-state index contributed by atoms with van der Waals surface area (Å²) in [6.45, 7) is 4.26. The number of hydrogen-bond donors (Lipinski definition) is 1. The predicted molar refractivity (Wildman–Crippen MR) is 117 cm³/mol. The van der Waals surface area contributed by atoms with Gasteiger partial charge in [0.05, 0.1) is 23.5 Å². The van der Waals surface area contributed by atoms with Gasteiger partial charge in [-0.1, -0.05) is 0 Å². The molecule has 1 unspecified atom stereocenters. The predicted octanol–water partition coefficient (Wildman–Crippen LogP) is 4.93. The molecule has 29 heavy (non-hydrogen) atoms. The van der Waals surface area contributed by atoms with Gasteiger partial charge in [0.1, 0.15) is 29.8 Å². The molecule has 0 amide bonds. The number of rotatable bonds is 7. The molecule has 0 bridgehead atoms. The van der Waals surface area contributed by atoms with Gasteiger partial charge in [-0.05, 0) is 56.2 Å². The largest absolute Gasteiger partial charge is 0.486 e. The highest BCUT2D eigenvalue weighted by Crippen LogP contribution is 2.34. The molecule has 0 aliphatic carbocycles. The second-order valence-corrected chi connectivity index (χ2v) is 8.62. The Bertz CT molecular complexity index is 1050. The minimum atomic E-state index is -0.375. The summed E-state index contributed by atoms with van der Waals surface area (Å²) in [6, 6.07) is 8.34. The fourth-order valence-corrected chi connectivity index (χ4v) is 3.57. The third-order valence-electron chi connectivity index (χ3n) is 4.13. The van der Waals surface area contributed by atoms with Gasteiger partial charge in [0.15, 0.2) is 0 Å². The van der Waals surface area contributed by atoms with E-state index in [1.807, 2.05) is 26.0 Å². The summed E-state index contributed by atoms with van der Waals surface area (Å²) in [5, 5.41) is 4.17. The molecule has 2 aromatic carbocycles. The lowest BCUT2D eigenvalue weighted by molar-refractivity contribution is 0.0923. The lowest BCUT2D eigenvalue weighted by atomic mass is 10.1. The molecule has 3 rings (SSSR count). The van der Waals surface area contributed by atoms with E-state index in [2.05, 4.69) is 32.2 Å². The topological polar surface area (TPSA) is 68.6 Å². The van der Waals surface area contributed by atoms with Crippen molar-refractivity contribution in [2.24, 2.45) is 4.36 Å². The van der Waals surface area contributed by atoms with Crippen molar-refractivity contribution in [2.75, 3.05) is 31.5 Å². The molecular weight excluding hydrogens is 391 g/mol. The van der Waals surface area contributed by atoms with Crippen LogP contribution in [0.5, 0.6) is 5.75 Å². The highest BCUT2D eigenvalue weighted by Gasteiger charge is 2.14. The van der Waals surface area contributed by atoms with Crippen LogP contribution >= 0.6 is 0 Å². The number of fused-ring (bicyclic) bond motifs is 1. The molecule has 0 aliphatic rings. The molecule has 0 radical (unpaired) electrons. The molecule has 3 aromatic rings. The van der Waals surface area contributed by atoms with Gasteiger partial charge in [0.2, 0.25) is 0 Å². The van der Waals surface area contributed by atoms with Crippen LogP contribution in [0.3, 0.4) is 0 Å². The van der Waals surface area contributed by atoms with Gasteiger partial charge < -0.3 is 14.8 Å². The molecule has 0 saturated carbocycles. The average molecular weight is 417 g/mol. The van der Waals surface area contributed by atoms with Crippen LogP contribution in [-0.2, 0) is 15.4 Å². The molecule has 1 N–H and O–H groups in total. The molecule has 6 nitrogen and oxygen atoms in total. The number of methoxy groups -OCH3 is 1. The molecule has 0 saturated heterocycles. The number of hydrogen-bond acceptors (Lipinski definition) is 6. The molecular formula is C21H25FN4O2S. The van der Waals surface area contributed by atoms with Crippen LogP contribution < -0.4 is 10.1 Å². The number of nitrogens with one attached hydrogen (secondary N) is 1. The Morgan fingerprint density at radius 2 is 2.00 bits per heavy atom. The number of aryl methyl sites for hydroxylation is 1. The number of anilines is 2. The first-order valence-electron chi connectivity index (χ1n) is 9.14. The SMILES string of the molecule is COCC(C)Oc1cc(F)ccc1Nc1ncnc2cc(N=S(C)C)cc(C)c12. The Kier molecular flexibility index (Phi) is 6.76. The third-order valence-corrected chi connectivity index (χ3v) is 4.71. The number of benzene rings is 2. The molecule has 0 aliphatic heterocycles. The van der Waals surface area contributed by atoms with Crippen LogP contribution in [-0.4, -0.2) is 42.3 Å². The van der Waals surface area contributed by atoms with E-state index in [1.165, 1.54) is 18.5 Å². The Labute approximate surface area is 172 Å². The van der Waals surface area contributed by atoms with Crippen molar-refractivity contribution in [1.29, 1.82) is 0 Å². The van der Waals surface area contributed by atoms with Gasteiger partial charge in [0.25, 0.3) is 0 Å². The minimum Gasteiger partial charge on any atom is -0.486 e. The highest BCUT2D eigenvalue weighted by atomic mass is 32.2.